The molecule has 0 aliphatic heterocycles. The first-order valence-electron chi connectivity index (χ1n) is 10.8. The highest BCUT2D eigenvalue weighted by atomic mass is 16.1. The number of fused-ring (bicyclic) bond motifs is 1. The third-order valence-corrected chi connectivity index (χ3v) is 5.56. The van der Waals surface area contributed by atoms with E-state index in [1.165, 1.54) is 0 Å². The van der Waals surface area contributed by atoms with Gasteiger partial charge in [0.05, 0.1) is 35.3 Å². The summed E-state index contributed by atoms with van der Waals surface area (Å²) in [5, 5.41) is 4.01. The van der Waals surface area contributed by atoms with E-state index in [4.69, 9.17) is 0 Å². The summed E-state index contributed by atoms with van der Waals surface area (Å²) in [4.78, 5) is 26.3. The predicted molar refractivity (Wildman–Crippen MR) is 129 cm³/mol. The van der Waals surface area contributed by atoms with Crippen LogP contribution in [0, 0.1) is 13.8 Å². The van der Waals surface area contributed by atoms with Crippen LogP contribution in [0.1, 0.15) is 27.3 Å². The predicted octanol–water partition coefficient (Wildman–Crippen LogP) is 5.03. The maximum absolute atomic E-state index is 13.1. The molecule has 162 valence electrons. The van der Waals surface area contributed by atoms with Gasteiger partial charge in [0.15, 0.2) is 0 Å². The van der Waals surface area contributed by atoms with Gasteiger partial charge in [-0.25, -0.2) is 0 Å². The van der Waals surface area contributed by atoms with E-state index in [9.17, 15) is 4.79 Å². The number of nitrogens with zero attached hydrogens (tertiary/aromatic N) is 4. The topological polar surface area (TPSA) is 72.7 Å². The molecule has 0 spiro atoms. The summed E-state index contributed by atoms with van der Waals surface area (Å²) in [5.41, 5.74) is 6.93. The summed E-state index contributed by atoms with van der Waals surface area (Å²) in [6.07, 6.45) is 7.25. The molecule has 3 aromatic heterocycles. The molecule has 6 heteroatoms. The molecular weight excluding hydrogens is 410 g/mol. The van der Waals surface area contributed by atoms with Gasteiger partial charge >= 0.3 is 0 Å². The molecule has 5 rings (SSSR count). The molecule has 0 fully saturated rings. The van der Waals surface area contributed by atoms with E-state index < -0.39 is 0 Å². The van der Waals surface area contributed by atoms with E-state index in [-0.39, 0.29) is 5.91 Å². The minimum atomic E-state index is -0.173. The van der Waals surface area contributed by atoms with Crippen LogP contribution < -0.4 is 5.32 Å². The van der Waals surface area contributed by atoms with E-state index in [1.807, 2.05) is 80.8 Å². The molecule has 0 unspecified atom stereocenters. The summed E-state index contributed by atoms with van der Waals surface area (Å²) in [7, 11) is 0. The maximum atomic E-state index is 13.1. The number of carbonyl (C=O) groups is 1. The van der Waals surface area contributed by atoms with E-state index in [1.54, 1.807) is 12.4 Å². The average Bonchev–Trinajstić information content (AvgIpc) is 3.28. The van der Waals surface area contributed by atoms with Crippen LogP contribution in [-0.2, 0) is 6.54 Å². The van der Waals surface area contributed by atoms with Crippen molar-refractivity contribution in [2.45, 2.75) is 20.4 Å². The highest BCUT2D eigenvalue weighted by Gasteiger charge is 2.16. The Balaban J connectivity index is 1.58. The fourth-order valence-electron chi connectivity index (χ4n) is 3.81. The van der Waals surface area contributed by atoms with Gasteiger partial charge < -0.3 is 9.88 Å². The number of aromatic nitrogens is 4. The van der Waals surface area contributed by atoms with Crippen molar-refractivity contribution in [3.8, 4) is 16.9 Å². The molecule has 0 radical (unpaired) electrons. The van der Waals surface area contributed by atoms with Gasteiger partial charge in [-0.2, -0.15) is 0 Å². The summed E-state index contributed by atoms with van der Waals surface area (Å²) >= 11 is 0. The van der Waals surface area contributed by atoms with E-state index in [0.717, 1.165) is 39.1 Å². The molecule has 0 atom stereocenters. The number of rotatable bonds is 5. The summed E-state index contributed by atoms with van der Waals surface area (Å²) < 4.78 is 2.09. The lowest BCUT2D eigenvalue weighted by atomic mass is 10.0. The Kier molecular flexibility index (Phi) is 5.40. The Morgan fingerprint density at radius 3 is 2.48 bits per heavy atom. The van der Waals surface area contributed by atoms with Gasteiger partial charge in [0.2, 0.25) is 0 Å². The summed E-state index contributed by atoms with van der Waals surface area (Å²) in [5.74, 6) is -0.173. The Labute approximate surface area is 192 Å². The third-order valence-electron chi connectivity index (χ3n) is 5.56. The Bertz CT molecular complexity index is 1420. The Morgan fingerprint density at radius 1 is 0.909 bits per heavy atom. The molecule has 5 aromatic rings. The molecule has 0 bridgehead atoms. The van der Waals surface area contributed by atoms with Crippen molar-refractivity contribution in [2.75, 3.05) is 0 Å². The van der Waals surface area contributed by atoms with E-state index >= 15 is 0 Å². The number of pyridine rings is 1. The average molecular weight is 434 g/mol. The monoisotopic (exact) mass is 433 g/mol. The number of carbonyl (C=O) groups excluding carboxylic acids is 1. The number of benzene rings is 2. The van der Waals surface area contributed by atoms with Crippen molar-refractivity contribution in [3.05, 3.63) is 108 Å². The standard InChI is InChI=1S/C27H23N5O/c1-18-8-9-25(30-14-18)24-12-20(27(33)31-17-21-16-28-19(2)15-29-21)13-26-23(24)10-11-32(26)22-6-4-3-5-7-22/h3-16H,17H2,1-2H3,(H,31,33). The van der Waals surface area contributed by atoms with E-state index in [2.05, 4.69) is 30.9 Å². The lowest BCUT2D eigenvalue weighted by Gasteiger charge is -2.11. The zero-order chi connectivity index (χ0) is 22.8. The van der Waals surface area contributed by atoms with Gasteiger partial charge in [0, 0.05) is 40.8 Å². The zero-order valence-corrected chi connectivity index (χ0v) is 18.5. The molecule has 0 saturated heterocycles. The van der Waals surface area contributed by atoms with Crippen molar-refractivity contribution >= 4 is 16.8 Å². The summed E-state index contributed by atoms with van der Waals surface area (Å²) in [6, 6.07) is 20.0. The van der Waals surface area contributed by atoms with Crippen molar-refractivity contribution in [1.82, 2.24) is 24.8 Å². The highest BCUT2D eigenvalue weighted by molar-refractivity contribution is 6.04. The minimum absolute atomic E-state index is 0.173. The van der Waals surface area contributed by atoms with Crippen molar-refractivity contribution in [1.29, 1.82) is 0 Å². The van der Waals surface area contributed by atoms with Crippen LogP contribution in [0.4, 0.5) is 0 Å². The first-order valence-corrected chi connectivity index (χ1v) is 10.8. The second-order valence-corrected chi connectivity index (χ2v) is 8.03. The third kappa shape index (κ3) is 4.23. The maximum Gasteiger partial charge on any atom is 0.251 e. The van der Waals surface area contributed by atoms with Crippen molar-refractivity contribution in [3.63, 3.8) is 0 Å². The molecule has 2 aromatic carbocycles. The summed E-state index contributed by atoms with van der Waals surface area (Å²) in [6.45, 7) is 4.20. The lowest BCUT2D eigenvalue weighted by Crippen LogP contribution is -2.23. The van der Waals surface area contributed by atoms with E-state index in [0.29, 0.717) is 17.8 Å². The van der Waals surface area contributed by atoms with Crippen molar-refractivity contribution < 1.29 is 4.79 Å². The molecule has 1 amide bonds. The first-order chi connectivity index (χ1) is 16.1. The minimum Gasteiger partial charge on any atom is -0.346 e. The molecular formula is C27H23N5O. The van der Waals surface area contributed by atoms with Crippen LogP contribution in [0.5, 0.6) is 0 Å². The van der Waals surface area contributed by atoms with Gasteiger partial charge in [-0.15, -0.1) is 0 Å². The van der Waals surface area contributed by atoms with Crippen molar-refractivity contribution in [2.24, 2.45) is 0 Å². The van der Waals surface area contributed by atoms with Crippen LogP contribution >= 0.6 is 0 Å². The zero-order valence-electron chi connectivity index (χ0n) is 18.5. The number of aryl methyl sites for hydroxylation is 2. The second kappa shape index (κ2) is 8.67. The molecule has 0 aliphatic rings. The molecule has 33 heavy (non-hydrogen) atoms. The van der Waals surface area contributed by atoms with Crippen LogP contribution in [0.15, 0.2) is 85.5 Å². The van der Waals surface area contributed by atoms with Crippen LogP contribution in [-0.4, -0.2) is 25.4 Å². The Morgan fingerprint density at radius 2 is 1.76 bits per heavy atom. The van der Waals surface area contributed by atoms with Gasteiger partial charge in [0.1, 0.15) is 0 Å². The molecule has 0 aliphatic carbocycles. The fourth-order valence-corrected chi connectivity index (χ4v) is 3.81. The second-order valence-electron chi connectivity index (χ2n) is 8.03. The Hall–Kier alpha value is -4.32. The number of para-hydroxylation sites is 1. The largest absolute Gasteiger partial charge is 0.346 e. The van der Waals surface area contributed by atoms with Gasteiger partial charge in [-0.1, -0.05) is 24.3 Å². The van der Waals surface area contributed by atoms with Crippen LogP contribution in [0.2, 0.25) is 0 Å². The van der Waals surface area contributed by atoms with Gasteiger partial charge in [-0.3, -0.25) is 19.7 Å². The molecule has 1 N–H and O–H groups in total. The van der Waals surface area contributed by atoms with Gasteiger partial charge in [-0.05, 0) is 55.8 Å². The number of hydrogen-bond acceptors (Lipinski definition) is 4. The van der Waals surface area contributed by atoms with Crippen LogP contribution in [0.3, 0.4) is 0 Å². The molecule has 6 nitrogen and oxygen atoms in total. The quantitative estimate of drug-likeness (QED) is 0.422. The van der Waals surface area contributed by atoms with Gasteiger partial charge in [0.25, 0.3) is 5.91 Å². The smallest absolute Gasteiger partial charge is 0.251 e. The SMILES string of the molecule is Cc1ccc(-c2cc(C(=O)NCc3cnc(C)cn3)cc3c2ccn3-c2ccccc2)nc1. The highest BCUT2D eigenvalue weighted by Crippen LogP contribution is 2.31. The number of amides is 1. The first kappa shape index (κ1) is 20.6. The lowest BCUT2D eigenvalue weighted by molar-refractivity contribution is 0.0950. The van der Waals surface area contributed by atoms with Crippen LogP contribution in [0.25, 0.3) is 27.8 Å². The fraction of sp³-hybridized carbons (Fsp3) is 0.111. The molecule has 3 heterocycles. The molecule has 0 saturated carbocycles. The number of hydrogen-bond donors (Lipinski definition) is 1. The number of nitrogens with one attached hydrogen (secondary N) is 1. The normalized spacial score (nSPS) is 11.0.